The molecule has 0 amide bonds. The zero-order chi connectivity index (χ0) is 20.1. The Morgan fingerprint density at radius 3 is 2.46 bits per heavy atom. The first-order valence-corrected chi connectivity index (χ1v) is 10.1. The van der Waals surface area contributed by atoms with Crippen LogP contribution in [-0.4, -0.2) is 91.0 Å². The van der Waals surface area contributed by atoms with Gasteiger partial charge in [-0.1, -0.05) is 0 Å². The summed E-state index contributed by atoms with van der Waals surface area (Å²) in [7, 11) is 0. The van der Waals surface area contributed by atoms with Gasteiger partial charge in [-0.2, -0.15) is 15.0 Å². The Morgan fingerprint density at radius 1 is 1.07 bits per heavy atom. The topological polar surface area (TPSA) is 76.1 Å². The number of nitrogens with zero attached hydrogens (tertiary/aromatic N) is 6. The molecule has 0 N–H and O–H groups in total. The molecule has 2 aliphatic rings. The van der Waals surface area contributed by atoms with Gasteiger partial charge in [0, 0.05) is 32.7 Å². The lowest BCUT2D eigenvalue weighted by Gasteiger charge is -2.36. The van der Waals surface area contributed by atoms with Gasteiger partial charge >= 0.3 is 0 Å². The molecule has 1 aromatic heterocycles. The third kappa shape index (κ3) is 6.12. The summed E-state index contributed by atoms with van der Waals surface area (Å²) >= 11 is 6.19. The standard InChI is InChI=1S/C18H31ClN6O3/c1-14-11-26-10-9-25(14)17-21-15(19)20-16(22-17)24-7-5-23(6-8-24)12-27-13-28-18(2,3)4/h14H,5-13H2,1-4H3/t14-/m0/s1. The summed E-state index contributed by atoms with van der Waals surface area (Å²) in [5.41, 5.74) is -0.188. The first-order chi connectivity index (χ1) is 13.3. The quantitative estimate of drug-likeness (QED) is 0.509. The van der Waals surface area contributed by atoms with E-state index in [2.05, 4.69) is 36.6 Å². The molecule has 0 unspecified atom stereocenters. The predicted octanol–water partition coefficient (Wildman–Crippen LogP) is 1.62. The minimum atomic E-state index is -0.188. The Labute approximate surface area is 171 Å². The van der Waals surface area contributed by atoms with E-state index in [0.717, 1.165) is 32.7 Å². The lowest BCUT2D eigenvalue weighted by Crippen LogP contribution is -2.48. The first-order valence-electron chi connectivity index (χ1n) is 9.77. The van der Waals surface area contributed by atoms with Crippen LogP contribution < -0.4 is 9.80 Å². The molecule has 2 fully saturated rings. The summed E-state index contributed by atoms with van der Waals surface area (Å²) in [5.74, 6) is 1.25. The molecule has 28 heavy (non-hydrogen) atoms. The van der Waals surface area contributed by atoms with Crippen LogP contribution in [0.25, 0.3) is 0 Å². The van der Waals surface area contributed by atoms with Crippen molar-refractivity contribution in [2.24, 2.45) is 0 Å². The maximum absolute atomic E-state index is 6.19. The summed E-state index contributed by atoms with van der Waals surface area (Å²) in [6.07, 6.45) is 0. The summed E-state index contributed by atoms with van der Waals surface area (Å²) < 4.78 is 16.7. The number of anilines is 2. The first kappa shape index (κ1) is 21.4. The van der Waals surface area contributed by atoms with Crippen molar-refractivity contribution in [1.82, 2.24) is 19.9 Å². The van der Waals surface area contributed by atoms with Crippen molar-refractivity contribution < 1.29 is 14.2 Å². The van der Waals surface area contributed by atoms with Gasteiger partial charge in [-0.3, -0.25) is 4.90 Å². The second-order valence-electron chi connectivity index (χ2n) is 8.13. The summed E-state index contributed by atoms with van der Waals surface area (Å²) in [5, 5.41) is 0.226. The molecule has 0 aliphatic carbocycles. The van der Waals surface area contributed by atoms with Crippen LogP contribution in [-0.2, 0) is 14.2 Å². The molecule has 0 bridgehead atoms. The highest BCUT2D eigenvalue weighted by Gasteiger charge is 2.25. The Balaban J connectivity index is 1.53. The fourth-order valence-electron chi connectivity index (χ4n) is 3.09. The van der Waals surface area contributed by atoms with Crippen LogP contribution in [0, 0.1) is 0 Å². The van der Waals surface area contributed by atoms with Crippen molar-refractivity contribution in [3.8, 4) is 0 Å². The SMILES string of the molecule is C[C@H]1COCCN1c1nc(Cl)nc(N2CCN(COCOC(C)(C)C)CC2)n1. The average molecular weight is 415 g/mol. The molecule has 0 aromatic carbocycles. The number of hydrogen-bond donors (Lipinski definition) is 0. The minimum absolute atomic E-state index is 0.188. The van der Waals surface area contributed by atoms with Gasteiger partial charge in [0.1, 0.15) is 13.5 Å². The Kier molecular flexibility index (Phi) is 7.27. The lowest BCUT2D eigenvalue weighted by atomic mass is 10.2. The van der Waals surface area contributed by atoms with Gasteiger partial charge < -0.3 is 24.0 Å². The number of ether oxygens (including phenoxy) is 3. The number of aromatic nitrogens is 3. The highest BCUT2D eigenvalue weighted by molar-refractivity contribution is 6.28. The van der Waals surface area contributed by atoms with Crippen molar-refractivity contribution in [1.29, 1.82) is 0 Å². The van der Waals surface area contributed by atoms with Gasteiger partial charge in [0.2, 0.25) is 17.2 Å². The number of rotatable bonds is 6. The van der Waals surface area contributed by atoms with Crippen molar-refractivity contribution >= 4 is 23.5 Å². The van der Waals surface area contributed by atoms with E-state index in [0.29, 0.717) is 38.6 Å². The fourth-order valence-corrected chi connectivity index (χ4v) is 3.24. The number of hydrogen-bond acceptors (Lipinski definition) is 9. The van der Waals surface area contributed by atoms with Crippen molar-refractivity contribution in [3.63, 3.8) is 0 Å². The van der Waals surface area contributed by atoms with Crippen LogP contribution in [0.5, 0.6) is 0 Å². The monoisotopic (exact) mass is 414 g/mol. The van der Waals surface area contributed by atoms with Gasteiger partial charge in [-0.25, -0.2) is 0 Å². The van der Waals surface area contributed by atoms with Gasteiger partial charge in [0.15, 0.2) is 0 Å². The Morgan fingerprint density at radius 2 is 1.79 bits per heavy atom. The van der Waals surface area contributed by atoms with E-state index in [1.54, 1.807) is 0 Å². The van der Waals surface area contributed by atoms with E-state index in [9.17, 15) is 0 Å². The van der Waals surface area contributed by atoms with E-state index in [1.165, 1.54) is 0 Å². The largest absolute Gasteiger partial charge is 0.377 e. The maximum atomic E-state index is 6.19. The van der Waals surface area contributed by atoms with E-state index in [1.807, 2.05) is 20.8 Å². The second kappa shape index (κ2) is 9.49. The molecule has 9 nitrogen and oxygen atoms in total. The normalized spacial score (nSPS) is 22.0. The molecule has 158 valence electrons. The van der Waals surface area contributed by atoms with Crippen LogP contribution in [0.4, 0.5) is 11.9 Å². The van der Waals surface area contributed by atoms with Crippen LogP contribution in [0.1, 0.15) is 27.7 Å². The zero-order valence-corrected chi connectivity index (χ0v) is 18.0. The highest BCUT2D eigenvalue weighted by atomic mass is 35.5. The molecule has 10 heteroatoms. The smallest absolute Gasteiger partial charge is 0.231 e. The summed E-state index contributed by atoms with van der Waals surface area (Å²) in [6.45, 7) is 14.4. The maximum Gasteiger partial charge on any atom is 0.231 e. The van der Waals surface area contributed by atoms with Crippen LogP contribution in [0.2, 0.25) is 5.28 Å². The van der Waals surface area contributed by atoms with E-state index in [4.69, 9.17) is 25.8 Å². The third-order valence-corrected chi connectivity index (χ3v) is 4.88. The van der Waals surface area contributed by atoms with Crippen LogP contribution >= 0.6 is 11.6 Å². The molecule has 1 atom stereocenters. The third-order valence-electron chi connectivity index (χ3n) is 4.71. The van der Waals surface area contributed by atoms with Gasteiger partial charge in [-0.15, -0.1) is 0 Å². The molecular formula is C18H31ClN6O3. The minimum Gasteiger partial charge on any atom is -0.377 e. The summed E-state index contributed by atoms with van der Waals surface area (Å²) in [4.78, 5) is 19.9. The zero-order valence-electron chi connectivity index (χ0n) is 17.2. The van der Waals surface area contributed by atoms with E-state index >= 15 is 0 Å². The van der Waals surface area contributed by atoms with Crippen molar-refractivity contribution in [3.05, 3.63) is 5.28 Å². The van der Waals surface area contributed by atoms with Gasteiger partial charge in [0.25, 0.3) is 0 Å². The molecular weight excluding hydrogens is 384 g/mol. The molecule has 0 spiro atoms. The predicted molar refractivity (Wildman–Crippen MR) is 108 cm³/mol. The average Bonchev–Trinajstić information content (AvgIpc) is 2.65. The van der Waals surface area contributed by atoms with Crippen LogP contribution in [0.3, 0.4) is 0 Å². The van der Waals surface area contributed by atoms with Gasteiger partial charge in [-0.05, 0) is 39.3 Å². The number of halogens is 1. The fraction of sp³-hybridized carbons (Fsp3) is 0.833. The molecule has 1 aromatic rings. The van der Waals surface area contributed by atoms with Crippen molar-refractivity contribution in [2.75, 3.05) is 69.3 Å². The molecule has 0 saturated carbocycles. The molecule has 2 aliphatic heterocycles. The Hall–Kier alpha value is -1.26. The number of piperazine rings is 1. The van der Waals surface area contributed by atoms with E-state index in [-0.39, 0.29) is 16.9 Å². The van der Waals surface area contributed by atoms with Crippen LogP contribution in [0.15, 0.2) is 0 Å². The van der Waals surface area contributed by atoms with Crippen molar-refractivity contribution in [2.45, 2.75) is 39.3 Å². The molecule has 2 saturated heterocycles. The Bertz CT molecular complexity index is 636. The second-order valence-corrected chi connectivity index (χ2v) is 8.47. The molecule has 0 radical (unpaired) electrons. The van der Waals surface area contributed by atoms with Gasteiger partial charge in [0.05, 0.1) is 24.9 Å². The summed E-state index contributed by atoms with van der Waals surface area (Å²) in [6, 6.07) is 0.212. The lowest BCUT2D eigenvalue weighted by molar-refractivity contribution is -0.141. The highest BCUT2D eigenvalue weighted by Crippen LogP contribution is 2.21. The van der Waals surface area contributed by atoms with E-state index < -0.39 is 0 Å². The molecule has 3 rings (SSSR count). The molecule has 3 heterocycles. The number of morpholine rings is 1.